The van der Waals surface area contributed by atoms with Crippen LogP contribution in [0.4, 0.5) is 0 Å². The van der Waals surface area contributed by atoms with Crippen LogP contribution in [-0.4, -0.2) is 138 Å². The van der Waals surface area contributed by atoms with Crippen molar-refractivity contribution in [2.75, 3.05) is 6.61 Å². The van der Waals surface area contributed by atoms with E-state index in [1.54, 1.807) is 6.07 Å². The van der Waals surface area contributed by atoms with Crippen molar-refractivity contribution in [3.8, 4) is 0 Å². The molecule has 1 aromatic rings. The number of ether oxygens (including phenoxy) is 10. The van der Waals surface area contributed by atoms with Gasteiger partial charge in [0.15, 0.2) is 49.2 Å². The Labute approximate surface area is 398 Å². The van der Waals surface area contributed by atoms with Gasteiger partial charge < -0.3 is 66.8 Å². The highest BCUT2D eigenvalue weighted by Crippen LogP contribution is 2.71. The fourth-order valence-corrected chi connectivity index (χ4v) is 13.0. The molecular formula is C48H64O21. The lowest BCUT2D eigenvalue weighted by Crippen LogP contribution is -2.69. The van der Waals surface area contributed by atoms with Gasteiger partial charge in [0.2, 0.25) is 0 Å². The summed E-state index contributed by atoms with van der Waals surface area (Å²) >= 11 is 0. The second-order valence-corrected chi connectivity index (χ2v) is 19.8. The number of hydrogen-bond acceptors (Lipinski definition) is 21. The molecule has 21 heteroatoms. The molecule has 4 saturated carbocycles. The molecule has 7 rings (SSSR count). The summed E-state index contributed by atoms with van der Waals surface area (Å²) in [4.78, 5) is 101. The summed E-state index contributed by atoms with van der Waals surface area (Å²) in [5.74, 6) is -5.79. The highest BCUT2D eigenvalue weighted by atomic mass is 16.8. The van der Waals surface area contributed by atoms with Crippen molar-refractivity contribution in [3.05, 3.63) is 34.4 Å². The molecule has 0 spiro atoms. The van der Waals surface area contributed by atoms with E-state index in [0.717, 1.165) is 53.4 Å². The molecule has 2 N–H and O–H groups in total. The van der Waals surface area contributed by atoms with E-state index in [1.807, 2.05) is 6.92 Å². The predicted octanol–water partition coefficient (Wildman–Crippen LogP) is 2.64. The van der Waals surface area contributed by atoms with Crippen LogP contribution in [0.1, 0.15) is 125 Å². The number of fused-ring (bicyclic) bond motifs is 5. The minimum atomic E-state index is -1.62. The third-order valence-electron chi connectivity index (χ3n) is 15.7. The number of aldehydes is 1. The van der Waals surface area contributed by atoms with Crippen molar-refractivity contribution in [2.24, 2.45) is 22.7 Å². The molecule has 6 fully saturated rings. The molecule has 382 valence electrons. The molecule has 4 aliphatic carbocycles. The molecule has 18 atom stereocenters. The first kappa shape index (κ1) is 52.0. The first-order valence-corrected chi connectivity index (χ1v) is 23.6. The standard InChI is InChI=1S/C48H64O21/c1-23-37(62-24(2)50)39(64-26(4)52)41(66-28(6)54)43(61-23)60-21-35-38(63-25(3)51)40(65-27(5)53)42(67-29(7)55)44(69-35)68-31-9-15-46(22-49)33-10-14-45(8)32(30-13-18-59-36(56)19-30)12-17-48(45,58)34(33)11-16-47(46,57)20-31/h13,18-19,22-23,31-35,37-44,57-58H,9-12,14-17,20-21H2,1-8H3/t23-,31-,32+,33-,34+,35+,37+,38+,39-,40+,41-,42-,43-,44-,45-,46+,47-,48+/m1/s1. The van der Waals surface area contributed by atoms with E-state index in [4.69, 9.17) is 51.8 Å². The van der Waals surface area contributed by atoms with Gasteiger partial charge in [0, 0.05) is 59.4 Å². The molecule has 0 amide bonds. The summed E-state index contributed by atoms with van der Waals surface area (Å²) in [7, 11) is 0. The van der Waals surface area contributed by atoms with Crippen LogP contribution in [0.15, 0.2) is 27.6 Å². The van der Waals surface area contributed by atoms with Gasteiger partial charge in [0.05, 0.1) is 41.7 Å². The first-order chi connectivity index (χ1) is 32.4. The van der Waals surface area contributed by atoms with E-state index < -0.39 is 144 Å². The highest BCUT2D eigenvalue weighted by molar-refractivity contribution is 5.69. The Balaban J connectivity index is 1.15. The number of carbonyl (C=O) groups excluding carboxylic acids is 7. The molecule has 69 heavy (non-hydrogen) atoms. The normalized spacial score (nSPS) is 41.4. The summed E-state index contributed by atoms with van der Waals surface area (Å²) in [5.41, 5.74) is -4.38. The zero-order chi connectivity index (χ0) is 50.4. The monoisotopic (exact) mass is 976 g/mol. The second kappa shape index (κ2) is 20.1. The van der Waals surface area contributed by atoms with Gasteiger partial charge in [-0.15, -0.1) is 0 Å². The van der Waals surface area contributed by atoms with Gasteiger partial charge in [-0.05, 0) is 87.7 Å². The van der Waals surface area contributed by atoms with Crippen LogP contribution >= 0.6 is 0 Å². The largest absolute Gasteiger partial charge is 0.456 e. The first-order valence-electron chi connectivity index (χ1n) is 23.6. The molecule has 3 heterocycles. The molecular weight excluding hydrogens is 913 g/mol. The lowest BCUT2D eigenvalue weighted by molar-refractivity contribution is -0.341. The van der Waals surface area contributed by atoms with E-state index in [9.17, 15) is 48.6 Å². The summed E-state index contributed by atoms with van der Waals surface area (Å²) in [6, 6.07) is 3.24. The Morgan fingerprint density at radius 1 is 0.681 bits per heavy atom. The van der Waals surface area contributed by atoms with Crippen LogP contribution in [0.5, 0.6) is 0 Å². The SMILES string of the molecule is CC(=O)O[C@@H]1[C@@H](OC(C)=O)[C@@H](C)O[C@@H](OC[C@@H]2O[C@@H](O[C@@H]3CC[C@]4(C=O)[C@@H]5CC[C@]6(C)[C@H](c7ccoc(=O)c7)CC[C@]6(O)[C@H]5CC[C@@]4(O)C3)[C@H](OC(C)=O)[C@@H](OC(C)=O)[C@H]2OC(C)=O)[C@@H]1OC(C)=O. The second-order valence-electron chi connectivity index (χ2n) is 19.8. The summed E-state index contributed by atoms with van der Waals surface area (Å²) in [6.07, 6.45) is -10.1. The van der Waals surface area contributed by atoms with Crippen molar-refractivity contribution in [3.63, 3.8) is 0 Å². The molecule has 0 unspecified atom stereocenters. The Hall–Kier alpha value is -4.80. The Bertz CT molecular complexity index is 2190. The van der Waals surface area contributed by atoms with Crippen molar-refractivity contribution >= 4 is 42.1 Å². The number of carbonyl (C=O) groups is 7. The third-order valence-corrected chi connectivity index (χ3v) is 15.7. The summed E-state index contributed by atoms with van der Waals surface area (Å²) in [6.45, 7) is 9.56. The number of hydrogen-bond donors (Lipinski definition) is 2. The molecule has 2 saturated heterocycles. The smallest absolute Gasteiger partial charge is 0.335 e. The molecule has 0 aromatic carbocycles. The van der Waals surface area contributed by atoms with Crippen LogP contribution in [0.3, 0.4) is 0 Å². The predicted molar refractivity (Wildman–Crippen MR) is 230 cm³/mol. The van der Waals surface area contributed by atoms with Gasteiger partial charge >= 0.3 is 41.4 Å². The van der Waals surface area contributed by atoms with Gasteiger partial charge in [0.1, 0.15) is 12.4 Å². The zero-order valence-electron chi connectivity index (χ0n) is 40.1. The fourth-order valence-electron chi connectivity index (χ4n) is 13.0. The maximum absolute atomic E-state index is 13.6. The van der Waals surface area contributed by atoms with Gasteiger partial charge in [-0.3, -0.25) is 28.8 Å². The third kappa shape index (κ3) is 9.96. The van der Waals surface area contributed by atoms with Crippen molar-refractivity contribution in [2.45, 2.75) is 198 Å². The van der Waals surface area contributed by atoms with E-state index in [1.165, 1.54) is 19.3 Å². The zero-order valence-corrected chi connectivity index (χ0v) is 40.1. The number of aliphatic hydroxyl groups is 2. The van der Waals surface area contributed by atoms with Gasteiger partial charge in [-0.1, -0.05) is 6.92 Å². The fraction of sp³-hybridized carbons (Fsp3) is 0.750. The van der Waals surface area contributed by atoms with Crippen molar-refractivity contribution < 1.29 is 95.6 Å². The summed E-state index contributed by atoms with van der Waals surface area (Å²) < 4.78 is 63.7. The average Bonchev–Trinajstić information content (AvgIpc) is 3.54. The topological polar surface area (TPSA) is 282 Å². The van der Waals surface area contributed by atoms with Crippen LogP contribution in [-0.2, 0) is 80.9 Å². The Kier molecular flexibility index (Phi) is 15.2. The molecule has 6 aliphatic rings. The molecule has 21 nitrogen and oxygen atoms in total. The minimum Gasteiger partial charge on any atom is -0.456 e. The summed E-state index contributed by atoms with van der Waals surface area (Å²) in [5, 5.41) is 25.5. The van der Waals surface area contributed by atoms with Crippen LogP contribution < -0.4 is 5.63 Å². The van der Waals surface area contributed by atoms with Crippen molar-refractivity contribution in [1.82, 2.24) is 0 Å². The van der Waals surface area contributed by atoms with E-state index in [0.29, 0.717) is 32.1 Å². The average molecular weight is 977 g/mol. The highest BCUT2D eigenvalue weighted by Gasteiger charge is 2.71. The van der Waals surface area contributed by atoms with Crippen LogP contribution in [0.2, 0.25) is 0 Å². The Morgan fingerprint density at radius 2 is 1.23 bits per heavy atom. The number of rotatable bonds is 13. The Morgan fingerprint density at radius 3 is 1.83 bits per heavy atom. The molecule has 2 aliphatic heterocycles. The quantitative estimate of drug-likeness (QED) is 0.124. The van der Waals surface area contributed by atoms with Crippen molar-refractivity contribution in [1.29, 1.82) is 0 Å². The lowest BCUT2D eigenvalue weighted by atomic mass is 9.41. The van der Waals surface area contributed by atoms with Gasteiger partial charge in [-0.25, -0.2) is 4.79 Å². The van der Waals surface area contributed by atoms with Gasteiger partial charge in [0.25, 0.3) is 0 Å². The van der Waals surface area contributed by atoms with E-state index >= 15 is 0 Å². The molecule has 0 radical (unpaired) electrons. The maximum Gasteiger partial charge on any atom is 0.335 e. The van der Waals surface area contributed by atoms with Crippen LogP contribution in [0, 0.1) is 22.7 Å². The van der Waals surface area contributed by atoms with E-state index in [2.05, 4.69) is 0 Å². The van der Waals surface area contributed by atoms with E-state index in [-0.39, 0.29) is 37.5 Å². The number of esters is 6. The van der Waals surface area contributed by atoms with Crippen LogP contribution in [0.25, 0.3) is 0 Å². The maximum atomic E-state index is 13.6. The molecule has 1 aromatic heterocycles. The lowest BCUT2D eigenvalue weighted by Gasteiger charge is -2.65. The minimum absolute atomic E-state index is 0.0780. The molecule has 0 bridgehead atoms. The van der Waals surface area contributed by atoms with Gasteiger partial charge in [-0.2, -0.15) is 0 Å².